The minimum Gasteiger partial charge on any atom is -0.505 e. The van der Waals surface area contributed by atoms with Crippen LogP contribution in [-0.4, -0.2) is 16.2 Å². The summed E-state index contributed by atoms with van der Waals surface area (Å²) in [5.74, 6) is 6.40. The molecular formula is C26H26FN3O2S. The Balaban J connectivity index is 1.38. The number of benzene rings is 2. The van der Waals surface area contributed by atoms with Crippen LogP contribution in [0, 0.1) is 23.6 Å². The molecule has 2 aromatic carbocycles. The maximum atomic E-state index is 15.0. The Morgan fingerprint density at radius 2 is 1.79 bits per heavy atom. The van der Waals surface area contributed by atoms with Crippen molar-refractivity contribution < 1.29 is 14.3 Å². The Labute approximate surface area is 196 Å². The second-order valence-corrected chi connectivity index (χ2v) is 11.2. The fourth-order valence-electron chi connectivity index (χ4n) is 7.06. The molecule has 1 amide bonds. The molecule has 0 spiro atoms. The third-order valence-corrected chi connectivity index (χ3v) is 8.88. The maximum absolute atomic E-state index is 15.0. The number of carbonyl (C=O) groups excluding carboxylic acids is 1. The van der Waals surface area contributed by atoms with E-state index in [9.17, 15) is 9.90 Å². The zero-order valence-corrected chi connectivity index (χ0v) is 19.0. The normalized spacial score (nSPS) is 32.6. The van der Waals surface area contributed by atoms with Gasteiger partial charge in [0.05, 0.1) is 4.91 Å². The van der Waals surface area contributed by atoms with Crippen LogP contribution in [0.3, 0.4) is 0 Å². The summed E-state index contributed by atoms with van der Waals surface area (Å²) in [6.45, 7) is 0. The fourth-order valence-corrected chi connectivity index (χ4v) is 7.80. The summed E-state index contributed by atoms with van der Waals surface area (Å²) in [6.07, 6.45) is 8.82. The highest BCUT2D eigenvalue weighted by atomic mass is 32.2. The van der Waals surface area contributed by atoms with Crippen LogP contribution < -0.4 is 11.2 Å². The lowest BCUT2D eigenvalue weighted by molar-refractivity contribution is -0.115. The summed E-state index contributed by atoms with van der Waals surface area (Å²) in [4.78, 5) is 12.6. The molecule has 4 bridgehead atoms. The van der Waals surface area contributed by atoms with E-state index in [1.807, 2.05) is 30.3 Å². The van der Waals surface area contributed by atoms with E-state index in [0.29, 0.717) is 27.8 Å². The number of amides is 1. The van der Waals surface area contributed by atoms with Crippen molar-refractivity contribution in [2.45, 2.75) is 43.9 Å². The number of rotatable bonds is 3. The second kappa shape index (κ2) is 7.62. The Hall–Kier alpha value is -2.80. The van der Waals surface area contributed by atoms with Crippen molar-refractivity contribution in [2.24, 2.45) is 28.7 Å². The molecule has 1 heterocycles. The van der Waals surface area contributed by atoms with Crippen molar-refractivity contribution >= 4 is 28.9 Å². The first kappa shape index (κ1) is 20.8. The number of phenols is 1. The van der Waals surface area contributed by atoms with Gasteiger partial charge in [-0.25, -0.2) is 4.39 Å². The van der Waals surface area contributed by atoms with Gasteiger partial charge in [0.15, 0.2) is 16.7 Å². The average Bonchev–Trinajstić information content (AvgIpc) is 3.14. The Morgan fingerprint density at radius 3 is 2.42 bits per heavy atom. The number of amidine groups is 1. The molecular weight excluding hydrogens is 437 g/mol. The number of halogens is 1. The summed E-state index contributed by atoms with van der Waals surface area (Å²) < 4.78 is 15.0. The van der Waals surface area contributed by atoms with Crippen molar-refractivity contribution in [1.82, 2.24) is 5.32 Å². The molecule has 4 N–H and O–H groups in total. The molecule has 5 fully saturated rings. The number of aromatic hydroxyl groups is 1. The predicted octanol–water partition coefficient (Wildman–Crippen LogP) is 5.10. The highest BCUT2D eigenvalue weighted by molar-refractivity contribution is 8.18. The van der Waals surface area contributed by atoms with Crippen LogP contribution in [0.2, 0.25) is 0 Å². The minimum atomic E-state index is -0.559. The molecule has 0 atom stereocenters. The van der Waals surface area contributed by atoms with Gasteiger partial charge in [-0.2, -0.15) is 5.10 Å². The van der Waals surface area contributed by atoms with Gasteiger partial charge in [0.1, 0.15) is 0 Å². The van der Waals surface area contributed by atoms with E-state index in [-0.39, 0.29) is 17.1 Å². The molecule has 5 nitrogen and oxygen atoms in total. The van der Waals surface area contributed by atoms with Gasteiger partial charge < -0.3 is 10.9 Å². The minimum absolute atomic E-state index is 0.105. The van der Waals surface area contributed by atoms with Gasteiger partial charge >= 0.3 is 0 Å². The second-order valence-electron chi connectivity index (χ2n) is 10.2. The Morgan fingerprint density at radius 1 is 1.09 bits per heavy atom. The number of hydrogen-bond donors (Lipinski definition) is 3. The van der Waals surface area contributed by atoms with Gasteiger partial charge in [-0.3, -0.25) is 10.1 Å². The maximum Gasteiger partial charge on any atom is 0.264 e. The molecule has 0 aromatic heterocycles. The van der Waals surface area contributed by atoms with Crippen LogP contribution in [-0.2, 0) is 10.2 Å². The molecule has 5 aliphatic rings. The Bertz CT molecular complexity index is 1190. The van der Waals surface area contributed by atoms with Crippen molar-refractivity contribution in [3.05, 3.63) is 58.2 Å². The van der Waals surface area contributed by atoms with Crippen LogP contribution in [0.5, 0.6) is 5.75 Å². The van der Waals surface area contributed by atoms with Gasteiger partial charge in [0, 0.05) is 5.56 Å². The number of nitrogens with one attached hydrogen (secondary N) is 1. The lowest BCUT2D eigenvalue weighted by atomic mass is 9.48. The number of thioether (sulfide) groups is 1. The van der Waals surface area contributed by atoms with Gasteiger partial charge in [0.2, 0.25) is 0 Å². The third kappa shape index (κ3) is 3.53. The van der Waals surface area contributed by atoms with Gasteiger partial charge in [-0.05, 0) is 114 Å². The van der Waals surface area contributed by atoms with Crippen LogP contribution in [0.25, 0.3) is 17.2 Å². The molecule has 4 aliphatic carbocycles. The summed E-state index contributed by atoms with van der Waals surface area (Å²) in [5, 5.41) is 17.3. The molecule has 1 saturated heterocycles. The average molecular weight is 464 g/mol. The molecule has 33 heavy (non-hydrogen) atoms. The number of phenolic OH excluding ortho intramolecular Hbond substituents is 1. The van der Waals surface area contributed by atoms with Crippen LogP contribution >= 0.6 is 11.8 Å². The molecule has 7 heteroatoms. The lowest BCUT2D eigenvalue weighted by Crippen LogP contribution is -2.48. The Kier molecular flexibility index (Phi) is 4.80. The van der Waals surface area contributed by atoms with Crippen molar-refractivity contribution in [3.63, 3.8) is 0 Å². The van der Waals surface area contributed by atoms with E-state index in [1.54, 1.807) is 6.08 Å². The van der Waals surface area contributed by atoms with Crippen molar-refractivity contribution in [3.8, 4) is 16.9 Å². The van der Waals surface area contributed by atoms with Crippen molar-refractivity contribution in [1.29, 1.82) is 0 Å². The molecule has 4 saturated carbocycles. The largest absolute Gasteiger partial charge is 0.505 e. The van der Waals surface area contributed by atoms with Crippen LogP contribution in [0.4, 0.5) is 4.39 Å². The summed E-state index contributed by atoms with van der Waals surface area (Å²) in [7, 11) is 0. The topological polar surface area (TPSA) is 87.7 Å². The first-order chi connectivity index (χ1) is 15.9. The molecule has 1 aliphatic heterocycles. The summed E-state index contributed by atoms with van der Waals surface area (Å²) in [6, 6.07) is 11.1. The highest BCUT2D eigenvalue weighted by Crippen LogP contribution is 2.62. The van der Waals surface area contributed by atoms with Gasteiger partial charge in [0.25, 0.3) is 5.91 Å². The monoisotopic (exact) mass is 463 g/mol. The molecule has 0 radical (unpaired) electrons. The number of nitrogens with two attached hydrogens (primary N) is 1. The molecule has 7 rings (SSSR count). The summed E-state index contributed by atoms with van der Waals surface area (Å²) >= 11 is 1.19. The molecule has 170 valence electrons. The summed E-state index contributed by atoms with van der Waals surface area (Å²) in [5.41, 5.74) is 3.11. The predicted molar refractivity (Wildman–Crippen MR) is 129 cm³/mol. The SMILES string of the molecule is N/N=C1\NC(=O)/C(=C/c2cccc(-c3cc(F)c(O)c(C45CC6CC(CC(C6)C4)C5)c3)c2)S1. The number of nitrogens with zero attached hydrogens (tertiary/aromatic N) is 1. The van der Waals surface area contributed by atoms with E-state index >= 15 is 4.39 Å². The van der Waals surface area contributed by atoms with E-state index < -0.39 is 5.82 Å². The number of hydrogen-bond acceptors (Lipinski definition) is 5. The van der Waals surface area contributed by atoms with Gasteiger partial charge in [-0.15, -0.1) is 0 Å². The fraction of sp³-hybridized carbons (Fsp3) is 0.385. The first-order valence-electron chi connectivity index (χ1n) is 11.5. The van der Waals surface area contributed by atoms with E-state index in [4.69, 9.17) is 5.84 Å². The molecule has 2 aromatic rings. The molecule has 0 unspecified atom stereocenters. The van der Waals surface area contributed by atoms with E-state index in [2.05, 4.69) is 10.4 Å². The number of hydrazone groups is 1. The zero-order chi connectivity index (χ0) is 22.7. The standard InChI is InChI=1S/C26H26FN3O2S/c27-21-10-19(18-3-1-2-14(7-18)8-22-24(32)29-25(30-28)33-22)9-20(23(21)31)26-11-15-4-16(12-26)6-17(5-15)13-26/h1-3,7-10,15-17,31H,4-6,11-13,28H2,(H,29,30,32)/b22-8-. The quantitative estimate of drug-likeness (QED) is 0.336. The first-order valence-corrected chi connectivity index (χ1v) is 12.4. The zero-order valence-electron chi connectivity index (χ0n) is 18.2. The highest BCUT2D eigenvalue weighted by Gasteiger charge is 2.52. The van der Waals surface area contributed by atoms with Gasteiger partial charge in [-0.1, -0.05) is 18.2 Å². The third-order valence-electron chi connectivity index (χ3n) is 7.96. The van der Waals surface area contributed by atoms with E-state index in [0.717, 1.165) is 41.5 Å². The van der Waals surface area contributed by atoms with E-state index in [1.165, 1.54) is 37.1 Å². The lowest BCUT2D eigenvalue weighted by Gasteiger charge is -2.57. The number of carbonyl (C=O) groups is 1. The smallest absolute Gasteiger partial charge is 0.264 e. The van der Waals surface area contributed by atoms with Crippen molar-refractivity contribution in [2.75, 3.05) is 0 Å². The van der Waals surface area contributed by atoms with Crippen LogP contribution in [0.15, 0.2) is 46.4 Å². The van der Waals surface area contributed by atoms with Crippen LogP contribution in [0.1, 0.15) is 49.7 Å².